The van der Waals surface area contributed by atoms with Crippen LogP contribution in [0.4, 0.5) is 4.39 Å². The number of rotatable bonds is 2. The Hall–Kier alpha value is -2.24. The molecule has 16 heavy (non-hydrogen) atoms. The number of carboxylic acid groups (broad SMARTS) is 1. The van der Waals surface area contributed by atoms with Crippen molar-refractivity contribution in [2.45, 2.75) is 0 Å². The van der Waals surface area contributed by atoms with Gasteiger partial charge >= 0.3 is 5.97 Å². The van der Waals surface area contributed by atoms with Gasteiger partial charge in [-0.05, 0) is 18.2 Å². The molecule has 82 valence electrons. The lowest BCUT2D eigenvalue weighted by molar-refractivity contribution is -0.131. The molecule has 0 saturated carbocycles. The number of halogens is 1. The van der Waals surface area contributed by atoms with E-state index in [9.17, 15) is 9.18 Å². The third-order valence-corrected chi connectivity index (χ3v) is 2.16. The lowest BCUT2D eigenvalue weighted by Crippen LogP contribution is -1.91. The van der Waals surface area contributed by atoms with Crippen molar-refractivity contribution in [2.24, 2.45) is 7.05 Å². The molecule has 0 radical (unpaired) electrons. The van der Waals surface area contributed by atoms with Crippen LogP contribution in [-0.2, 0) is 11.8 Å². The lowest BCUT2D eigenvalue weighted by Gasteiger charge is -1.97. The van der Waals surface area contributed by atoms with E-state index in [1.54, 1.807) is 13.1 Å². The van der Waals surface area contributed by atoms with Crippen molar-refractivity contribution >= 4 is 23.1 Å². The van der Waals surface area contributed by atoms with Crippen molar-refractivity contribution in [1.29, 1.82) is 0 Å². The summed E-state index contributed by atoms with van der Waals surface area (Å²) in [5.41, 5.74) is 0.871. The molecular weight excluding hydrogens is 213 g/mol. The molecule has 1 N–H and O–H groups in total. The Morgan fingerprint density at radius 2 is 2.31 bits per heavy atom. The molecule has 0 saturated heterocycles. The topological polar surface area (TPSA) is 68.0 Å². The zero-order valence-electron chi connectivity index (χ0n) is 8.38. The fourth-order valence-electron chi connectivity index (χ4n) is 1.38. The summed E-state index contributed by atoms with van der Waals surface area (Å²) in [5, 5.41) is 15.8. The second-order valence-electron chi connectivity index (χ2n) is 3.22. The van der Waals surface area contributed by atoms with Gasteiger partial charge in [-0.25, -0.2) is 13.9 Å². The van der Waals surface area contributed by atoms with Crippen molar-refractivity contribution in [3.8, 4) is 0 Å². The van der Waals surface area contributed by atoms with Gasteiger partial charge in [0.2, 0.25) is 0 Å². The van der Waals surface area contributed by atoms with E-state index < -0.39 is 11.8 Å². The van der Waals surface area contributed by atoms with Gasteiger partial charge in [-0.1, -0.05) is 5.21 Å². The van der Waals surface area contributed by atoms with Crippen LogP contribution >= 0.6 is 0 Å². The number of hydrogen-bond donors (Lipinski definition) is 1. The first-order valence-electron chi connectivity index (χ1n) is 4.48. The number of carboxylic acids is 1. The molecule has 1 heterocycles. The van der Waals surface area contributed by atoms with E-state index in [0.29, 0.717) is 5.52 Å². The van der Waals surface area contributed by atoms with Crippen LogP contribution in [-0.4, -0.2) is 26.1 Å². The number of nitrogens with zero attached hydrogens (tertiary/aromatic N) is 3. The lowest BCUT2D eigenvalue weighted by atomic mass is 10.1. The molecule has 1 aromatic heterocycles. The first-order valence-corrected chi connectivity index (χ1v) is 4.48. The van der Waals surface area contributed by atoms with Crippen LogP contribution in [0.5, 0.6) is 0 Å². The molecule has 0 atom stereocenters. The number of benzene rings is 1. The van der Waals surface area contributed by atoms with E-state index in [1.165, 1.54) is 16.8 Å². The van der Waals surface area contributed by atoms with Gasteiger partial charge in [0.15, 0.2) is 5.82 Å². The SMILES string of the molecule is Cn1nnc2c(F)c(C=CC(=O)O)ccc21. The van der Waals surface area contributed by atoms with Gasteiger partial charge in [-0.3, -0.25) is 0 Å². The molecule has 0 aliphatic heterocycles. The Morgan fingerprint density at radius 1 is 1.56 bits per heavy atom. The molecule has 2 aromatic rings. The molecular formula is C10H8FN3O2. The third-order valence-electron chi connectivity index (χ3n) is 2.16. The molecule has 0 aliphatic rings. The molecule has 0 amide bonds. The van der Waals surface area contributed by atoms with Crippen LogP contribution in [0, 0.1) is 5.82 Å². The fraction of sp³-hybridized carbons (Fsp3) is 0.100. The molecule has 0 unspecified atom stereocenters. The summed E-state index contributed by atoms with van der Waals surface area (Å²) < 4.78 is 15.2. The predicted molar refractivity (Wildman–Crippen MR) is 55.1 cm³/mol. The second-order valence-corrected chi connectivity index (χ2v) is 3.22. The Labute approximate surface area is 89.8 Å². The maximum absolute atomic E-state index is 13.8. The zero-order valence-corrected chi connectivity index (χ0v) is 8.38. The van der Waals surface area contributed by atoms with Crippen LogP contribution in [0.25, 0.3) is 17.1 Å². The van der Waals surface area contributed by atoms with Gasteiger partial charge in [0.25, 0.3) is 0 Å². The normalized spacial score (nSPS) is 11.4. The number of carbonyl (C=O) groups is 1. The second kappa shape index (κ2) is 3.73. The molecule has 2 rings (SSSR count). The number of aliphatic carboxylic acids is 1. The summed E-state index contributed by atoms with van der Waals surface area (Å²) in [7, 11) is 1.65. The Morgan fingerprint density at radius 3 is 3.00 bits per heavy atom. The summed E-state index contributed by atoms with van der Waals surface area (Å²) in [6, 6.07) is 3.13. The predicted octanol–water partition coefficient (Wildman–Crippen LogP) is 1.21. The molecule has 0 spiro atoms. The largest absolute Gasteiger partial charge is 0.478 e. The van der Waals surface area contributed by atoms with Gasteiger partial charge < -0.3 is 5.11 Å². The summed E-state index contributed by atoms with van der Waals surface area (Å²) in [5.74, 6) is -1.69. The van der Waals surface area contributed by atoms with Crippen molar-refractivity contribution in [3.05, 3.63) is 29.6 Å². The minimum Gasteiger partial charge on any atom is -0.478 e. The minimum absolute atomic E-state index is 0.134. The van der Waals surface area contributed by atoms with Gasteiger partial charge in [-0.2, -0.15) is 0 Å². The smallest absolute Gasteiger partial charge is 0.328 e. The van der Waals surface area contributed by atoms with Crippen LogP contribution in [0.15, 0.2) is 18.2 Å². The van der Waals surface area contributed by atoms with Gasteiger partial charge in [-0.15, -0.1) is 5.10 Å². The molecule has 0 fully saturated rings. The van der Waals surface area contributed by atoms with E-state index in [1.807, 2.05) is 0 Å². The number of hydrogen-bond acceptors (Lipinski definition) is 3. The van der Waals surface area contributed by atoms with Crippen molar-refractivity contribution < 1.29 is 14.3 Å². The summed E-state index contributed by atoms with van der Waals surface area (Å²) in [6.45, 7) is 0. The summed E-state index contributed by atoms with van der Waals surface area (Å²) in [4.78, 5) is 10.3. The molecule has 6 heteroatoms. The Bertz CT molecular complexity index is 589. The zero-order chi connectivity index (χ0) is 11.7. The maximum atomic E-state index is 13.8. The van der Waals surface area contributed by atoms with Crippen molar-refractivity contribution in [1.82, 2.24) is 15.0 Å². The summed E-state index contributed by atoms with van der Waals surface area (Å²) in [6.07, 6.45) is 2.06. The van der Waals surface area contributed by atoms with E-state index in [0.717, 1.165) is 6.08 Å². The highest BCUT2D eigenvalue weighted by molar-refractivity contribution is 5.87. The number of aromatic nitrogens is 3. The highest BCUT2D eigenvalue weighted by Gasteiger charge is 2.10. The minimum atomic E-state index is -1.13. The molecule has 0 bridgehead atoms. The monoisotopic (exact) mass is 221 g/mol. The van der Waals surface area contributed by atoms with Crippen molar-refractivity contribution in [3.63, 3.8) is 0 Å². The third kappa shape index (κ3) is 1.65. The van der Waals surface area contributed by atoms with Crippen LogP contribution in [0.2, 0.25) is 0 Å². The molecule has 1 aromatic carbocycles. The van der Waals surface area contributed by atoms with E-state index in [-0.39, 0.29) is 11.1 Å². The van der Waals surface area contributed by atoms with Gasteiger partial charge in [0.1, 0.15) is 5.52 Å². The van der Waals surface area contributed by atoms with Crippen molar-refractivity contribution in [2.75, 3.05) is 0 Å². The van der Waals surface area contributed by atoms with Gasteiger partial charge in [0.05, 0.1) is 5.52 Å². The quantitative estimate of drug-likeness (QED) is 0.774. The van der Waals surface area contributed by atoms with Gasteiger partial charge in [0, 0.05) is 18.7 Å². The first kappa shape index (κ1) is 10.3. The summed E-state index contributed by atoms with van der Waals surface area (Å²) >= 11 is 0. The Balaban J connectivity index is 2.57. The van der Waals surface area contributed by atoms with E-state index >= 15 is 0 Å². The van der Waals surface area contributed by atoms with Crippen LogP contribution < -0.4 is 0 Å². The van der Waals surface area contributed by atoms with E-state index in [4.69, 9.17) is 5.11 Å². The maximum Gasteiger partial charge on any atom is 0.328 e. The van der Waals surface area contributed by atoms with E-state index in [2.05, 4.69) is 10.3 Å². The molecule has 0 aliphatic carbocycles. The average molecular weight is 221 g/mol. The fourth-order valence-corrected chi connectivity index (χ4v) is 1.38. The van der Waals surface area contributed by atoms with Crippen LogP contribution in [0.1, 0.15) is 5.56 Å². The Kier molecular flexibility index (Phi) is 2.40. The number of fused-ring (bicyclic) bond motifs is 1. The van der Waals surface area contributed by atoms with Crippen LogP contribution in [0.3, 0.4) is 0 Å². The number of aryl methyl sites for hydroxylation is 1. The molecule has 5 nitrogen and oxygen atoms in total. The highest BCUT2D eigenvalue weighted by Crippen LogP contribution is 2.19. The highest BCUT2D eigenvalue weighted by atomic mass is 19.1. The average Bonchev–Trinajstić information content (AvgIpc) is 2.60. The standard InChI is InChI=1S/C10H8FN3O2/c1-14-7-4-2-6(3-5-8(15)16)9(11)10(7)12-13-14/h2-5H,1H3,(H,15,16). The first-order chi connectivity index (χ1) is 7.59.